The molecule has 0 aromatic heterocycles. The minimum atomic E-state index is 0.324. The Bertz CT molecular complexity index is 325. The van der Waals surface area contributed by atoms with E-state index in [1.807, 2.05) is 11.8 Å². The number of nitrogens with one attached hydrogen (secondary N) is 1. The van der Waals surface area contributed by atoms with Crippen molar-refractivity contribution in [3.63, 3.8) is 0 Å². The molecular formula is C15H26N2S. The average molecular weight is 266 g/mol. The summed E-state index contributed by atoms with van der Waals surface area (Å²) in [4.78, 5) is 4.87. The Morgan fingerprint density at radius 1 is 1.00 bits per heavy atom. The number of aliphatic imine (C=N–C) groups is 1. The van der Waals surface area contributed by atoms with Gasteiger partial charge in [-0.15, -0.1) is 0 Å². The van der Waals surface area contributed by atoms with Crippen molar-refractivity contribution in [3.8, 4) is 0 Å². The summed E-state index contributed by atoms with van der Waals surface area (Å²) in [7, 11) is 0. The van der Waals surface area contributed by atoms with E-state index in [-0.39, 0.29) is 0 Å². The molecule has 18 heavy (non-hydrogen) atoms. The summed E-state index contributed by atoms with van der Waals surface area (Å²) in [6.45, 7) is 3.47. The summed E-state index contributed by atoms with van der Waals surface area (Å²) in [5.74, 6) is 1.30. The number of rotatable bonds is 1. The zero-order valence-corrected chi connectivity index (χ0v) is 12.5. The highest BCUT2D eigenvalue weighted by atomic mass is 32.2. The van der Waals surface area contributed by atoms with E-state index in [2.05, 4.69) is 12.2 Å². The van der Waals surface area contributed by atoms with E-state index in [0.29, 0.717) is 11.0 Å². The van der Waals surface area contributed by atoms with Gasteiger partial charge in [0.2, 0.25) is 0 Å². The van der Waals surface area contributed by atoms with E-state index in [4.69, 9.17) is 4.99 Å². The van der Waals surface area contributed by atoms with Gasteiger partial charge in [-0.3, -0.25) is 4.99 Å². The van der Waals surface area contributed by atoms with E-state index < -0.39 is 0 Å². The van der Waals surface area contributed by atoms with E-state index in [1.165, 1.54) is 68.7 Å². The molecule has 0 amide bonds. The SMILES string of the molecule is CC1(NC2=NCC3(CCCC3)CS2)CCCCC1. The fraction of sp³-hybridized carbons (Fsp3) is 0.933. The molecule has 3 rings (SSSR count). The highest BCUT2D eigenvalue weighted by molar-refractivity contribution is 8.13. The van der Waals surface area contributed by atoms with Crippen molar-refractivity contribution in [2.45, 2.75) is 70.3 Å². The largest absolute Gasteiger partial charge is 0.360 e. The van der Waals surface area contributed by atoms with E-state index in [0.717, 1.165) is 6.54 Å². The Morgan fingerprint density at radius 3 is 2.28 bits per heavy atom. The first-order chi connectivity index (χ1) is 8.70. The van der Waals surface area contributed by atoms with Crippen molar-refractivity contribution in [1.82, 2.24) is 5.32 Å². The molecular weight excluding hydrogens is 240 g/mol. The van der Waals surface area contributed by atoms with E-state index >= 15 is 0 Å². The molecule has 0 saturated heterocycles. The molecule has 1 N–H and O–H groups in total. The third-order valence-corrected chi connectivity index (χ3v) is 6.36. The van der Waals surface area contributed by atoms with Gasteiger partial charge in [0, 0.05) is 17.8 Å². The second-order valence-electron chi connectivity index (χ2n) is 6.86. The van der Waals surface area contributed by atoms with Gasteiger partial charge in [0.1, 0.15) is 0 Å². The van der Waals surface area contributed by atoms with Crippen LogP contribution >= 0.6 is 11.8 Å². The lowest BCUT2D eigenvalue weighted by Gasteiger charge is -2.38. The number of thioether (sulfide) groups is 1. The van der Waals surface area contributed by atoms with Crippen molar-refractivity contribution >= 4 is 16.9 Å². The summed E-state index contributed by atoms with van der Waals surface area (Å²) < 4.78 is 0. The average Bonchev–Trinajstić information content (AvgIpc) is 2.82. The zero-order chi connectivity index (χ0) is 12.5. The highest BCUT2D eigenvalue weighted by Crippen LogP contribution is 2.43. The van der Waals surface area contributed by atoms with Gasteiger partial charge in [-0.05, 0) is 38.0 Å². The summed E-state index contributed by atoms with van der Waals surface area (Å²) in [5, 5.41) is 4.99. The van der Waals surface area contributed by atoms with Crippen LogP contribution in [0, 0.1) is 5.41 Å². The van der Waals surface area contributed by atoms with Crippen LogP contribution in [-0.4, -0.2) is 23.0 Å². The molecule has 0 unspecified atom stereocenters. The predicted octanol–water partition coefficient (Wildman–Crippen LogP) is 3.96. The Kier molecular flexibility index (Phi) is 3.61. The molecule has 2 fully saturated rings. The lowest BCUT2D eigenvalue weighted by Crippen LogP contribution is -2.48. The van der Waals surface area contributed by atoms with Crippen LogP contribution in [0.5, 0.6) is 0 Å². The minimum Gasteiger partial charge on any atom is -0.360 e. The first-order valence-corrected chi connectivity index (χ1v) is 8.64. The standard InChI is InChI=1S/C15H26N2S/c1-14(7-3-2-4-8-14)17-13-16-11-15(12-18-13)9-5-6-10-15/h2-12H2,1H3,(H,16,17). The molecule has 1 aliphatic heterocycles. The van der Waals surface area contributed by atoms with Crippen molar-refractivity contribution in [3.05, 3.63) is 0 Å². The Labute approximate surface area is 115 Å². The summed E-state index contributed by atoms with van der Waals surface area (Å²) >= 11 is 1.99. The van der Waals surface area contributed by atoms with Crippen LogP contribution in [0.2, 0.25) is 0 Å². The summed E-state index contributed by atoms with van der Waals surface area (Å²) in [6, 6.07) is 0. The Hall–Kier alpha value is -0.180. The minimum absolute atomic E-state index is 0.324. The molecule has 0 radical (unpaired) electrons. The van der Waals surface area contributed by atoms with Crippen LogP contribution in [0.1, 0.15) is 64.7 Å². The zero-order valence-electron chi connectivity index (χ0n) is 11.6. The maximum absolute atomic E-state index is 4.87. The van der Waals surface area contributed by atoms with Crippen molar-refractivity contribution < 1.29 is 0 Å². The van der Waals surface area contributed by atoms with Gasteiger partial charge < -0.3 is 5.32 Å². The van der Waals surface area contributed by atoms with Crippen LogP contribution in [-0.2, 0) is 0 Å². The molecule has 0 aromatic rings. The molecule has 2 saturated carbocycles. The Morgan fingerprint density at radius 2 is 1.67 bits per heavy atom. The third kappa shape index (κ3) is 2.71. The van der Waals surface area contributed by atoms with E-state index in [1.54, 1.807) is 0 Å². The van der Waals surface area contributed by atoms with Gasteiger partial charge in [0.25, 0.3) is 0 Å². The van der Waals surface area contributed by atoms with Gasteiger partial charge in [-0.2, -0.15) is 0 Å². The molecule has 102 valence electrons. The van der Waals surface area contributed by atoms with E-state index in [9.17, 15) is 0 Å². The molecule has 2 nitrogen and oxygen atoms in total. The van der Waals surface area contributed by atoms with Gasteiger partial charge in [-0.1, -0.05) is 43.9 Å². The molecule has 2 aliphatic carbocycles. The third-order valence-electron chi connectivity index (χ3n) is 5.10. The van der Waals surface area contributed by atoms with Crippen molar-refractivity contribution in [2.75, 3.05) is 12.3 Å². The number of hydrogen-bond donors (Lipinski definition) is 1. The van der Waals surface area contributed by atoms with Gasteiger partial charge in [0.05, 0.1) is 0 Å². The normalized spacial score (nSPS) is 30.2. The quantitative estimate of drug-likeness (QED) is 0.777. The molecule has 3 heteroatoms. The topological polar surface area (TPSA) is 24.4 Å². The number of nitrogens with zero attached hydrogens (tertiary/aromatic N) is 1. The van der Waals surface area contributed by atoms with Crippen molar-refractivity contribution in [1.29, 1.82) is 0 Å². The molecule has 1 heterocycles. The molecule has 3 aliphatic rings. The first kappa shape index (κ1) is 12.8. The van der Waals surface area contributed by atoms with Gasteiger partial charge in [0.15, 0.2) is 5.17 Å². The predicted molar refractivity (Wildman–Crippen MR) is 80.3 cm³/mol. The number of amidine groups is 1. The maximum Gasteiger partial charge on any atom is 0.157 e. The fourth-order valence-corrected chi connectivity index (χ4v) is 5.07. The van der Waals surface area contributed by atoms with Gasteiger partial charge >= 0.3 is 0 Å². The second-order valence-corrected chi connectivity index (χ2v) is 7.83. The lowest BCUT2D eigenvalue weighted by molar-refractivity contribution is 0.290. The fourth-order valence-electron chi connectivity index (χ4n) is 3.77. The van der Waals surface area contributed by atoms with Crippen LogP contribution in [0.25, 0.3) is 0 Å². The summed E-state index contributed by atoms with van der Waals surface area (Å²) in [6.07, 6.45) is 12.5. The molecule has 0 atom stereocenters. The number of hydrogen-bond acceptors (Lipinski definition) is 3. The molecule has 1 spiro atoms. The van der Waals surface area contributed by atoms with Crippen LogP contribution < -0.4 is 5.32 Å². The highest BCUT2D eigenvalue weighted by Gasteiger charge is 2.37. The van der Waals surface area contributed by atoms with Gasteiger partial charge in [-0.25, -0.2) is 0 Å². The van der Waals surface area contributed by atoms with Crippen LogP contribution in [0.3, 0.4) is 0 Å². The first-order valence-electron chi connectivity index (χ1n) is 7.65. The van der Waals surface area contributed by atoms with Crippen LogP contribution in [0.15, 0.2) is 4.99 Å². The Balaban J connectivity index is 1.59. The van der Waals surface area contributed by atoms with Crippen LogP contribution in [0.4, 0.5) is 0 Å². The monoisotopic (exact) mass is 266 g/mol. The molecule has 0 bridgehead atoms. The maximum atomic E-state index is 4.87. The van der Waals surface area contributed by atoms with Crippen molar-refractivity contribution in [2.24, 2.45) is 10.4 Å². The second kappa shape index (κ2) is 5.07. The summed E-state index contributed by atoms with van der Waals surface area (Å²) in [5.41, 5.74) is 0.896. The molecule has 0 aromatic carbocycles. The lowest BCUT2D eigenvalue weighted by atomic mass is 9.83. The smallest absolute Gasteiger partial charge is 0.157 e.